The Hall–Kier alpha value is -0.860. The van der Waals surface area contributed by atoms with Crippen molar-refractivity contribution in [3.05, 3.63) is 35.4 Å². The molecule has 0 bridgehead atoms. The summed E-state index contributed by atoms with van der Waals surface area (Å²) in [6, 6.07) is 9.11. The maximum Gasteiger partial charge on any atom is 0.00480 e. The summed E-state index contributed by atoms with van der Waals surface area (Å²) in [5.74, 6) is 0.623. The summed E-state index contributed by atoms with van der Waals surface area (Å²) < 4.78 is 0. The summed E-state index contributed by atoms with van der Waals surface area (Å²) >= 11 is 0. The Morgan fingerprint density at radius 2 is 1.95 bits per heavy atom. The van der Waals surface area contributed by atoms with Crippen LogP contribution in [-0.4, -0.2) is 31.1 Å². The minimum atomic E-state index is 0.349. The van der Waals surface area contributed by atoms with Crippen molar-refractivity contribution in [1.29, 1.82) is 0 Å². The molecule has 0 radical (unpaired) electrons. The van der Waals surface area contributed by atoms with Crippen molar-refractivity contribution in [1.82, 2.24) is 4.90 Å². The topological polar surface area (TPSA) is 29.3 Å². The van der Waals surface area contributed by atoms with Gasteiger partial charge in [-0.15, -0.1) is 0 Å². The Kier molecular flexibility index (Phi) is 4.64. The third-order valence-electron chi connectivity index (χ3n) is 4.49. The fourth-order valence-electron chi connectivity index (χ4n) is 2.84. The molecule has 1 aliphatic rings. The van der Waals surface area contributed by atoms with E-state index in [4.69, 9.17) is 5.73 Å². The SMILES string of the molecule is CC(C)c1ccc(CCN2CCC(C)(CN)C2)cc1. The van der Waals surface area contributed by atoms with Crippen LogP contribution in [0, 0.1) is 5.41 Å². The van der Waals surface area contributed by atoms with Crippen LogP contribution in [0.4, 0.5) is 0 Å². The molecule has 2 rings (SSSR count). The highest BCUT2D eigenvalue weighted by atomic mass is 15.2. The molecular formula is C17H28N2. The van der Waals surface area contributed by atoms with Crippen LogP contribution >= 0.6 is 0 Å². The lowest BCUT2D eigenvalue weighted by Crippen LogP contribution is -2.32. The first-order valence-corrected chi connectivity index (χ1v) is 7.54. The number of nitrogens with two attached hydrogens (primary N) is 1. The van der Waals surface area contributed by atoms with Crippen molar-refractivity contribution >= 4 is 0 Å². The van der Waals surface area contributed by atoms with Crippen LogP contribution in [0.25, 0.3) is 0 Å². The summed E-state index contributed by atoms with van der Waals surface area (Å²) in [5, 5.41) is 0. The van der Waals surface area contributed by atoms with Crippen LogP contribution in [0.1, 0.15) is 44.2 Å². The number of nitrogens with zero attached hydrogens (tertiary/aromatic N) is 1. The van der Waals surface area contributed by atoms with E-state index in [1.807, 2.05) is 0 Å². The van der Waals surface area contributed by atoms with E-state index >= 15 is 0 Å². The number of benzene rings is 1. The molecule has 0 aliphatic carbocycles. The van der Waals surface area contributed by atoms with Crippen molar-refractivity contribution in [2.75, 3.05) is 26.2 Å². The number of hydrogen-bond donors (Lipinski definition) is 1. The van der Waals surface area contributed by atoms with Crippen LogP contribution < -0.4 is 5.73 Å². The molecule has 1 atom stereocenters. The van der Waals surface area contributed by atoms with Gasteiger partial charge in [-0.2, -0.15) is 0 Å². The standard InChI is InChI=1S/C17H28N2/c1-14(2)16-6-4-15(5-7-16)8-10-19-11-9-17(3,12-18)13-19/h4-7,14H,8-13,18H2,1-3H3. The van der Waals surface area contributed by atoms with Crippen molar-refractivity contribution in [2.45, 2.75) is 39.5 Å². The van der Waals surface area contributed by atoms with Gasteiger partial charge in [0.05, 0.1) is 0 Å². The second-order valence-corrected chi connectivity index (χ2v) is 6.69. The first-order valence-electron chi connectivity index (χ1n) is 7.54. The van der Waals surface area contributed by atoms with Gasteiger partial charge >= 0.3 is 0 Å². The van der Waals surface area contributed by atoms with Gasteiger partial charge in [0.15, 0.2) is 0 Å². The predicted octanol–water partition coefficient (Wildman–Crippen LogP) is 3.02. The van der Waals surface area contributed by atoms with Crippen LogP contribution in [0.2, 0.25) is 0 Å². The fourth-order valence-corrected chi connectivity index (χ4v) is 2.84. The van der Waals surface area contributed by atoms with Crippen LogP contribution in [0.15, 0.2) is 24.3 Å². The van der Waals surface area contributed by atoms with E-state index in [0.29, 0.717) is 11.3 Å². The molecular weight excluding hydrogens is 232 g/mol. The van der Waals surface area contributed by atoms with Gasteiger partial charge < -0.3 is 10.6 Å². The molecule has 1 saturated heterocycles. The molecule has 1 aromatic carbocycles. The molecule has 2 heteroatoms. The maximum atomic E-state index is 5.86. The Morgan fingerprint density at radius 3 is 2.47 bits per heavy atom. The third kappa shape index (κ3) is 3.80. The molecule has 19 heavy (non-hydrogen) atoms. The highest BCUT2D eigenvalue weighted by molar-refractivity contribution is 5.24. The monoisotopic (exact) mass is 260 g/mol. The highest BCUT2D eigenvalue weighted by Gasteiger charge is 2.31. The van der Waals surface area contributed by atoms with Gasteiger partial charge in [-0.25, -0.2) is 0 Å². The van der Waals surface area contributed by atoms with Crippen LogP contribution in [0.3, 0.4) is 0 Å². The van der Waals surface area contributed by atoms with Gasteiger partial charge in [0.1, 0.15) is 0 Å². The van der Waals surface area contributed by atoms with E-state index in [1.165, 1.54) is 24.1 Å². The summed E-state index contributed by atoms with van der Waals surface area (Å²) in [7, 11) is 0. The molecule has 1 heterocycles. The summed E-state index contributed by atoms with van der Waals surface area (Å²) in [6.45, 7) is 11.1. The summed E-state index contributed by atoms with van der Waals surface area (Å²) in [4.78, 5) is 2.56. The predicted molar refractivity (Wildman–Crippen MR) is 82.5 cm³/mol. The van der Waals surface area contributed by atoms with E-state index in [-0.39, 0.29) is 0 Å². The molecule has 2 N–H and O–H groups in total. The molecule has 0 spiro atoms. The highest BCUT2D eigenvalue weighted by Crippen LogP contribution is 2.28. The lowest BCUT2D eigenvalue weighted by atomic mass is 9.90. The molecule has 0 saturated carbocycles. The maximum absolute atomic E-state index is 5.86. The largest absolute Gasteiger partial charge is 0.330 e. The second-order valence-electron chi connectivity index (χ2n) is 6.69. The Labute approximate surface area is 118 Å². The number of likely N-dealkylation sites (tertiary alicyclic amines) is 1. The molecule has 0 amide bonds. The van der Waals surface area contributed by atoms with Gasteiger partial charge in [0.25, 0.3) is 0 Å². The minimum absolute atomic E-state index is 0.349. The van der Waals surface area contributed by atoms with Crippen molar-refractivity contribution in [3.63, 3.8) is 0 Å². The zero-order valence-electron chi connectivity index (χ0n) is 12.7. The molecule has 1 aliphatic heterocycles. The molecule has 1 fully saturated rings. The average molecular weight is 260 g/mol. The van der Waals surface area contributed by atoms with Crippen LogP contribution in [-0.2, 0) is 6.42 Å². The normalized spacial score (nSPS) is 24.3. The van der Waals surface area contributed by atoms with Gasteiger partial charge in [-0.05, 0) is 48.4 Å². The van der Waals surface area contributed by atoms with Crippen molar-refractivity contribution in [2.24, 2.45) is 11.1 Å². The van der Waals surface area contributed by atoms with Gasteiger partial charge in [0, 0.05) is 13.1 Å². The van der Waals surface area contributed by atoms with Crippen LogP contribution in [0.5, 0.6) is 0 Å². The van der Waals surface area contributed by atoms with E-state index in [1.54, 1.807) is 0 Å². The second kappa shape index (κ2) is 6.06. The first-order chi connectivity index (χ1) is 9.02. The molecule has 0 aromatic heterocycles. The molecule has 2 nitrogen and oxygen atoms in total. The zero-order chi connectivity index (χ0) is 13.9. The molecule has 1 unspecified atom stereocenters. The van der Waals surface area contributed by atoms with Gasteiger partial charge in [-0.3, -0.25) is 0 Å². The lowest BCUT2D eigenvalue weighted by Gasteiger charge is -2.22. The van der Waals surface area contributed by atoms with Crippen molar-refractivity contribution < 1.29 is 0 Å². The zero-order valence-corrected chi connectivity index (χ0v) is 12.7. The Bertz CT molecular complexity index is 396. The first kappa shape index (κ1) is 14.5. The van der Waals surface area contributed by atoms with Crippen molar-refractivity contribution in [3.8, 4) is 0 Å². The third-order valence-corrected chi connectivity index (χ3v) is 4.49. The van der Waals surface area contributed by atoms with E-state index in [9.17, 15) is 0 Å². The number of hydrogen-bond acceptors (Lipinski definition) is 2. The Balaban J connectivity index is 1.83. The van der Waals surface area contributed by atoms with Gasteiger partial charge in [0.2, 0.25) is 0 Å². The lowest BCUT2D eigenvalue weighted by molar-refractivity contribution is 0.283. The van der Waals surface area contributed by atoms with E-state index in [0.717, 1.165) is 26.1 Å². The molecule has 106 valence electrons. The van der Waals surface area contributed by atoms with E-state index < -0.39 is 0 Å². The average Bonchev–Trinajstić information content (AvgIpc) is 2.79. The Morgan fingerprint density at radius 1 is 1.26 bits per heavy atom. The summed E-state index contributed by atoms with van der Waals surface area (Å²) in [5.41, 5.74) is 9.09. The quantitative estimate of drug-likeness (QED) is 0.882. The van der Waals surface area contributed by atoms with E-state index in [2.05, 4.69) is 49.9 Å². The summed E-state index contributed by atoms with van der Waals surface area (Å²) in [6.07, 6.45) is 2.40. The molecule has 1 aromatic rings. The van der Waals surface area contributed by atoms with Gasteiger partial charge in [-0.1, -0.05) is 45.0 Å². The number of rotatable bonds is 5. The minimum Gasteiger partial charge on any atom is -0.330 e. The fraction of sp³-hybridized carbons (Fsp3) is 0.647. The smallest absolute Gasteiger partial charge is 0.00480 e.